The van der Waals surface area contributed by atoms with Crippen molar-refractivity contribution in [3.05, 3.63) is 82.3 Å². The molecule has 4 aromatic rings. The van der Waals surface area contributed by atoms with E-state index >= 15 is 0 Å². The predicted octanol–water partition coefficient (Wildman–Crippen LogP) is 3.62. The van der Waals surface area contributed by atoms with Crippen LogP contribution in [0.15, 0.2) is 60.7 Å². The lowest BCUT2D eigenvalue weighted by atomic mass is 10.1. The molecule has 0 spiro atoms. The number of thiophene rings is 1. The number of urea groups is 1. The molecular formula is C53H63N9O15S. The van der Waals surface area contributed by atoms with Crippen molar-refractivity contribution in [2.24, 2.45) is 5.73 Å². The van der Waals surface area contributed by atoms with Gasteiger partial charge in [-0.25, -0.2) is 9.78 Å². The van der Waals surface area contributed by atoms with Crippen LogP contribution in [0.2, 0.25) is 0 Å². The molecule has 2 aliphatic heterocycles. The number of Topliss-reactive ketones (excluding diaryl/α,β-unsaturated/α-hetero) is 1. The zero-order valence-electron chi connectivity index (χ0n) is 43.3. The molecule has 0 bridgehead atoms. The molecule has 9 amide bonds. The minimum atomic E-state index is -1.04. The molecule has 2 aromatic carbocycles. The zero-order valence-corrected chi connectivity index (χ0v) is 44.1. The number of nitrogens with zero attached hydrogens (tertiary/aromatic N) is 3. The summed E-state index contributed by atoms with van der Waals surface area (Å²) >= 11 is 1.22. The Morgan fingerprint density at radius 2 is 1.42 bits per heavy atom. The van der Waals surface area contributed by atoms with Gasteiger partial charge < -0.3 is 61.3 Å². The second-order valence-electron chi connectivity index (χ2n) is 18.1. The summed E-state index contributed by atoms with van der Waals surface area (Å²) in [6.45, 7) is 1.33. The number of carboxylic acid groups (broad SMARTS) is 1. The van der Waals surface area contributed by atoms with Crippen molar-refractivity contribution < 1.29 is 72.0 Å². The number of ether oxygens (including phenoxy) is 4. The predicted molar refractivity (Wildman–Crippen MR) is 282 cm³/mol. The Kier molecular flexibility index (Phi) is 21.8. The van der Waals surface area contributed by atoms with Gasteiger partial charge in [0.1, 0.15) is 6.04 Å². The van der Waals surface area contributed by atoms with Crippen LogP contribution in [-0.2, 0) is 58.0 Å². The number of hydrogen-bond donors (Lipinski definition) is 7. The number of carbonyl (C=O) groups excluding carboxylic acids is 9. The molecule has 2 aromatic heterocycles. The van der Waals surface area contributed by atoms with Crippen molar-refractivity contribution in [2.75, 3.05) is 52.4 Å². The number of nitrogens with one attached hydrogen (secondary N) is 5. The zero-order chi connectivity index (χ0) is 56.1. The van der Waals surface area contributed by atoms with Gasteiger partial charge in [0.15, 0.2) is 23.0 Å². The molecule has 0 saturated heterocycles. The molecule has 0 unspecified atom stereocenters. The summed E-state index contributed by atoms with van der Waals surface area (Å²) < 4.78 is 23.7. The minimum Gasteiger partial charge on any atom is -0.493 e. The van der Waals surface area contributed by atoms with Crippen LogP contribution in [0.3, 0.4) is 0 Å². The third-order valence-corrected chi connectivity index (χ3v) is 13.5. The van der Waals surface area contributed by atoms with Gasteiger partial charge >= 0.3 is 12.0 Å². The Morgan fingerprint density at radius 1 is 0.731 bits per heavy atom. The van der Waals surface area contributed by atoms with Crippen molar-refractivity contribution in [3.8, 4) is 23.1 Å². The van der Waals surface area contributed by atoms with E-state index in [4.69, 9.17) is 29.8 Å². The number of aromatic nitrogens is 1. The van der Waals surface area contributed by atoms with Crippen LogP contribution in [0.25, 0.3) is 10.2 Å². The third kappa shape index (κ3) is 17.7. The number of aliphatic carboxylic acids is 1. The highest BCUT2D eigenvalue weighted by molar-refractivity contribution is 7.20. The average molecular weight is 1100 g/mol. The maximum Gasteiger partial charge on any atom is 0.312 e. The number of carbonyl (C=O) groups is 10. The Bertz CT molecular complexity index is 2890. The van der Waals surface area contributed by atoms with E-state index in [2.05, 4.69) is 31.6 Å². The van der Waals surface area contributed by atoms with Crippen LogP contribution in [0.5, 0.6) is 23.1 Å². The summed E-state index contributed by atoms with van der Waals surface area (Å²) in [4.78, 5) is 130. The summed E-state index contributed by atoms with van der Waals surface area (Å²) in [5, 5.41) is 22.1. The van der Waals surface area contributed by atoms with Crippen molar-refractivity contribution in [1.82, 2.24) is 36.1 Å². The highest BCUT2D eigenvalue weighted by Gasteiger charge is 2.27. The number of imide groups is 1. The maximum absolute atomic E-state index is 13.4. The second kappa shape index (κ2) is 29.1. The quantitative estimate of drug-likeness (QED) is 0.0209. The summed E-state index contributed by atoms with van der Waals surface area (Å²) in [5.41, 5.74) is 8.56. The van der Waals surface area contributed by atoms with Gasteiger partial charge in [0.25, 0.3) is 17.7 Å². The molecule has 1 atom stereocenters. The van der Waals surface area contributed by atoms with Crippen LogP contribution in [0, 0.1) is 0 Å². The van der Waals surface area contributed by atoms with Crippen molar-refractivity contribution in [1.29, 1.82) is 0 Å². The summed E-state index contributed by atoms with van der Waals surface area (Å²) in [6, 6.07) is 11.9. The Hall–Kier alpha value is -8.61. The smallest absolute Gasteiger partial charge is 0.312 e. The second-order valence-corrected chi connectivity index (χ2v) is 19.2. The number of primary amides is 1. The molecule has 8 N–H and O–H groups in total. The Balaban J connectivity index is 0.901. The number of unbranched alkanes of at least 4 members (excludes halogenated alkanes) is 2. The van der Waals surface area contributed by atoms with Crippen LogP contribution >= 0.6 is 11.3 Å². The first kappa shape index (κ1) is 58.6. The van der Waals surface area contributed by atoms with E-state index in [1.54, 1.807) is 41.3 Å². The van der Waals surface area contributed by atoms with Crippen molar-refractivity contribution >= 4 is 86.4 Å². The maximum atomic E-state index is 13.4. The van der Waals surface area contributed by atoms with Gasteiger partial charge in [-0.3, -0.25) is 48.1 Å². The van der Waals surface area contributed by atoms with Gasteiger partial charge in [-0.1, -0.05) is 18.6 Å². The molecule has 0 saturated carbocycles. The van der Waals surface area contributed by atoms with Crippen LogP contribution in [-0.4, -0.2) is 132 Å². The molecule has 78 heavy (non-hydrogen) atoms. The van der Waals surface area contributed by atoms with Crippen LogP contribution in [0.1, 0.15) is 97.0 Å². The van der Waals surface area contributed by atoms with Crippen molar-refractivity contribution in [2.45, 2.75) is 96.3 Å². The summed E-state index contributed by atoms with van der Waals surface area (Å²) in [7, 11) is 3.00. The molecule has 24 nitrogen and oxygen atoms in total. The number of benzene rings is 2. The van der Waals surface area contributed by atoms with E-state index in [1.807, 2.05) is 12.1 Å². The largest absolute Gasteiger partial charge is 0.493 e. The molecule has 0 fully saturated rings. The number of amides is 9. The molecule has 0 radical (unpaired) electrons. The molecular weight excluding hydrogens is 1030 g/mol. The number of pyridine rings is 1. The lowest BCUT2D eigenvalue weighted by Gasteiger charge is -2.19. The number of fused-ring (bicyclic) bond motifs is 2. The lowest BCUT2D eigenvalue weighted by Crippen LogP contribution is -2.47. The highest BCUT2D eigenvalue weighted by Crippen LogP contribution is 2.37. The number of hydrogen-bond acceptors (Lipinski definition) is 16. The number of ketones is 1. The molecule has 2 aliphatic rings. The van der Waals surface area contributed by atoms with E-state index in [0.29, 0.717) is 88.8 Å². The third-order valence-electron chi connectivity index (χ3n) is 12.4. The average Bonchev–Trinajstić information content (AvgIpc) is 4.19. The topological polar surface area (TPSA) is 333 Å². The molecule has 25 heteroatoms. The van der Waals surface area contributed by atoms with E-state index in [0.717, 1.165) is 16.0 Å². The van der Waals surface area contributed by atoms with Crippen molar-refractivity contribution in [3.63, 3.8) is 0 Å². The normalized spacial score (nSPS) is 12.9. The standard InChI is InChI=1S/C53H63N9O15S/c1-74-39-24-33-30-61(47(67)18-19-50(70)71)31-34(33)25-40(39)76-22-7-23-77-52-41(75-2)27-42-37(60-52)26-43(78-42)38(63)14-15-45(65)56-28-32-10-12-35(13-11-32)58-51(72)36(8-6-20-55-53(54)73)59-46(66)29-57-44(64)9-4-3-5-21-62-48(68)16-17-49(62)69/h10-13,16-17,24-27,36H,3-9,14-15,18-23,28-31H2,1-2H3,(H,56,65)(H,57,64)(H,58,72)(H,59,66)(H,70,71)(H3,54,55,73)/t36-/m0/s1. The minimum absolute atomic E-state index is 0.0575. The monoisotopic (exact) mass is 1100 g/mol. The fourth-order valence-electron chi connectivity index (χ4n) is 8.21. The van der Waals surface area contributed by atoms with E-state index in [9.17, 15) is 47.9 Å². The number of carboxylic acids is 1. The van der Waals surface area contributed by atoms with E-state index in [1.165, 1.54) is 37.7 Å². The number of nitrogens with two attached hydrogens (primary N) is 1. The fraction of sp³-hybridized carbons (Fsp3) is 0.415. The summed E-state index contributed by atoms with van der Waals surface area (Å²) in [5.74, 6) is -2.55. The Labute approximate surface area is 452 Å². The fourth-order valence-corrected chi connectivity index (χ4v) is 9.21. The summed E-state index contributed by atoms with van der Waals surface area (Å²) in [6.07, 6.45) is 4.55. The first-order valence-corrected chi connectivity index (χ1v) is 26.1. The van der Waals surface area contributed by atoms with Gasteiger partial charge in [-0.05, 0) is 72.7 Å². The number of methoxy groups -OCH3 is 2. The number of anilines is 1. The van der Waals surface area contributed by atoms with Gasteiger partial charge in [0.05, 0.1) is 55.5 Å². The SMILES string of the molecule is COc1cc2c(cc1OCCCOc1nc3cc(C(=O)CCC(=O)NCc4ccc(NC(=O)[C@H](CCCNC(N)=O)NC(=O)CNC(=O)CCCCCN5C(=O)C=CC5=O)cc4)sc3cc1OC)CN(C(=O)CCC(=O)O)C2. The van der Waals surface area contributed by atoms with Gasteiger partial charge in [-0.15, -0.1) is 11.3 Å². The molecule has 4 heterocycles. The number of rotatable bonds is 32. The lowest BCUT2D eigenvalue weighted by molar-refractivity contribution is -0.141. The highest BCUT2D eigenvalue weighted by atomic mass is 32.1. The van der Waals surface area contributed by atoms with Crippen LogP contribution in [0.4, 0.5) is 10.5 Å². The van der Waals surface area contributed by atoms with Gasteiger partial charge in [-0.2, -0.15) is 0 Å². The molecule has 416 valence electrons. The first-order valence-electron chi connectivity index (χ1n) is 25.3. The molecule has 0 aliphatic carbocycles. The van der Waals surface area contributed by atoms with E-state index in [-0.39, 0.29) is 119 Å². The van der Waals surface area contributed by atoms with Gasteiger partial charge in [0.2, 0.25) is 29.5 Å². The van der Waals surface area contributed by atoms with Crippen LogP contribution < -0.4 is 51.3 Å². The molecule has 6 rings (SSSR count). The van der Waals surface area contributed by atoms with E-state index < -0.39 is 29.9 Å². The Morgan fingerprint density at radius 3 is 2.12 bits per heavy atom. The first-order chi connectivity index (χ1) is 37.5. The van der Waals surface area contributed by atoms with Gasteiger partial charge in [0, 0.05) is 88.7 Å².